The number of benzene rings is 2. The van der Waals surface area contributed by atoms with Gasteiger partial charge in [0.1, 0.15) is 0 Å². The molecule has 6 heteroatoms. The molecular formula is C23H21N3O3. The largest absolute Gasteiger partial charge is 0.310 e. The van der Waals surface area contributed by atoms with E-state index < -0.39 is 5.91 Å². The lowest BCUT2D eigenvalue weighted by molar-refractivity contribution is -0.126. The van der Waals surface area contributed by atoms with Crippen molar-refractivity contribution < 1.29 is 14.8 Å². The van der Waals surface area contributed by atoms with Crippen molar-refractivity contribution in [1.82, 2.24) is 10.5 Å². The average molecular weight is 387 g/mol. The molecule has 5 rings (SSSR count). The summed E-state index contributed by atoms with van der Waals surface area (Å²) in [6.07, 6.45) is 4.80. The maximum absolute atomic E-state index is 13.5. The molecule has 2 aromatic carbocycles. The molecule has 2 amide bonds. The van der Waals surface area contributed by atoms with Gasteiger partial charge in [-0.25, -0.2) is 5.48 Å². The number of rotatable bonds is 2. The standard InChI is InChI=1S/C23H21N3O3/c27-21(25-29)17-5-6-18-13-23(8-7-15(18)11-17)9-10-26(22(23)28)19-12-16-3-1-2-4-20(16)24-14-19/h1-6,11-12,14,29H,7-10,13H2,(H,25,27). The van der Waals surface area contributed by atoms with Crippen LogP contribution < -0.4 is 10.4 Å². The molecule has 1 unspecified atom stereocenters. The number of carbonyl (C=O) groups excluding carboxylic acids is 2. The van der Waals surface area contributed by atoms with Crippen molar-refractivity contribution in [2.75, 3.05) is 11.4 Å². The van der Waals surface area contributed by atoms with Gasteiger partial charge in [-0.1, -0.05) is 24.3 Å². The van der Waals surface area contributed by atoms with E-state index in [1.807, 2.05) is 47.4 Å². The molecule has 1 aliphatic heterocycles. The number of para-hydroxylation sites is 1. The Hall–Kier alpha value is -3.25. The van der Waals surface area contributed by atoms with E-state index in [4.69, 9.17) is 5.21 Å². The highest BCUT2D eigenvalue weighted by Gasteiger charge is 2.48. The first kappa shape index (κ1) is 17.8. The van der Waals surface area contributed by atoms with Gasteiger partial charge in [-0.3, -0.25) is 19.8 Å². The van der Waals surface area contributed by atoms with Crippen LogP contribution in [0.25, 0.3) is 10.9 Å². The Labute approximate surface area is 168 Å². The first-order chi connectivity index (χ1) is 14.1. The lowest BCUT2D eigenvalue weighted by atomic mass is 9.70. The quantitative estimate of drug-likeness (QED) is 0.522. The summed E-state index contributed by atoms with van der Waals surface area (Å²) in [5, 5.41) is 9.87. The molecule has 0 bridgehead atoms. The van der Waals surface area contributed by atoms with Crippen LogP contribution in [0.5, 0.6) is 0 Å². The van der Waals surface area contributed by atoms with Gasteiger partial charge in [-0.05, 0) is 61.1 Å². The molecular weight excluding hydrogens is 366 g/mol. The fourth-order valence-electron chi connectivity index (χ4n) is 4.73. The van der Waals surface area contributed by atoms with Gasteiger partial charge in [-0.15, -0.1) is 0 Å². The van der Waals surface area contributed by atoms with Gasteiger partial charge in [0.25, 0.3) is 5.91 Å². The Balaban J connectivity index is 1.42. The third kappa shape index (κ3) is 2.87. The van der Waals surface area contributed by atoms with Crippen molar-refractivity contribution in [2.24, 2.45) is 5.41 Å². The Morgan fingerprint density at radius 2 is 1.97 bits per heavy atom. The van der Waals surface area contributed by atoms with E-state index in [0.717, 1.165) is 47.0 Å². The molecule has 6 nitrogen and oxygen atoms in total. The summed E-state index contributed by atoms with van der Waals surface area (Å²) in [6, 6.07) is 15.4. The number of nitrogens with one attached hydrogen (secondary N) is 1. The molecule has 1 fully saturated rings. The number of hydroxylamine groups is 1. The zero-order valence-electron chi connectivity index (χ0n) is 15.9. The fraction of sp³-hybridized carbons (Fsp3) is 0.261. The van der Waals surface area contributed by atoms with Crippen molar-refractivity contribution in [3.63, 3.8) is 0 Å². The fourth-order valence-corrected chi connectivity index (χ4v) is 4.73. The Kier molecular flexibility index (Phi) is 4.10. The lowest BCUT2D eigenvalue weighted by Gasteiger charge is -2.33. The summed E-state index contributed by atoms with van der Waals surface area (Å²) < 4.78 is 0. The van der Waals surface area contributed by atoms with Crippen LogP contribution in [0.15, 0.2) is 54.7 Å². The number of nitrogens with zero attached hydrogens (tertiary/aromatic N) is 2. The van der Waals surface area contributed by atoms with Gasteiger partial charge in [0.2, 0.25) is 5.91 Å². The molecule has 1 atom stereocenters. The Morgan fingerprint density at radius 3 is 2.83 bits per heavy atom. The van der Waals surface area contributed by atoms with E-state index in [1.165, 1.54) is 0 Å². The lowest BCUT2D eigenvalue weighted by Crippen LogP contribution is -2.38. The van der Waals surface area contributed by atoms with Crippen LogP contribution in [0.2, 0.25) is 0 Å². The monoisotopic (exact) mass is 387 g/mol. The zero-order valence-corrected chi connectivity index (χ0v) is 15.9. The van der Waals surface area contributed by atoms with E-state index in [0.29, 0.717) is 18.5 Å². The van der Waals surface area contributed by atoms with Crippen LogP contribution in [0.3, 0.4) is 0 Å². The minimum atomic E-state index is -0.514. The van der Waals surface area contributed by atoms with E-state index in [-0.39, 0.29) is 11.3 Å². The topological polar surface area (TPSA) is 82.5 Å². The second-order valence-corrected chi connectivity index (χ2v) is 7.97. The SMILES string of the molecule is O=C(NO)c1ccc2c(c1)CCC1(CCN(c3cnc4ccccc4c3)C1=O)C2. The van der Waals surface area contributed by atoms with Crippen LogP contribution in [0.1, 0.15) is 34.3 Å². The van der Waals surface area contributed by atoms with Crippen LogP contribution >= 0.6 is 0 Å². The first-order valence-electron chi connectivity index (χ1n) is 9.83. The van der Waals surface area contributed by atoms with Crippen molar-refractivity contribution in [3.05, 3.63) is 71.4 Å². The highest BCUT2D eigenvalue weighted by molar-refractivity contribution is 6.01. The minimum absolute atomic E-state index is 0.164. The molecule has 2 heterocycles. The predicted octanol–water partition coefficient (Wildman–Crippen LogP) is 3.27. The smallest absolute Gasteiger partial charge is 0.274 e. The second kappa shape index (κ2) is 6.67. The highest BCUT2D eigenvalue weighted by atomic mass is 16.5. The molecule has 146 valence electrons. The molecule has 1 aromatic heterocycles. The van der Waals surface area contributed by atoms with Gasteiger partial charge < -0.3 is 4.90 Å². The van der Waals surface area contributed by atoms with Crippen molar-refractivity contribution in [2.45, 2.75) is 25.7 Å². The highest BCUT2D eigenvalue weighted by Crippen LogP contribution is 2.45. The van der Waals surface area contributed by atoms with Gasteiger partial charge in [-0.2, -0.15) is 0 Å². The zero-order chi connectivity index (χ0) is 20.0. The van der Waals surface area contributed by atoms with Gasteiger partial charge in [0.05, 0.1) is 22.8 Å². The van der Waals surface area contributed by atoms with Crippen molar-refractivity contribution in [1.29, 1.82) is 0 Å². The molecule has 2 N–H and O–H groups in total. The number of anilines is 1. The van der Waals surface area contributed by atoms with Crippen LogP contribution in [0, 0.1) is 5.41 Å². The summed E-state index contributed by atoms with van der Waals surface area (Å²) in [4.78, 5) is 31.5. The number of fused-ring (bicyclic) bond motifs is 2. The normalized spacial score (nSPS) is 20.9. The molecule has 3 aromatic rings. The summed E-state index contributed by atoms with van der Waals surface area (Å²) in [6.45, 7) is 0.694. The van der Waals surface area contributed by atoms with Crippen LogP contribution in [-0.2, 0) is 17.6 Å². The maximum Gasteiger partial charge on any atom is 0.274 e. The summed E-state index contributed by atoms with van der Waals surface area (Å²) >= 11 is 0. The van der Waals surface area contributed by atoms with E-state index in [1.54, 1.807) is 17.7 Å². The third-order valence-electron chi connectivity index (χ3n) is 6.37. The number of hydrogen-bond donors (Lipinski definition) is 2. The maximum atomic E-state index is 13.5. The molecule has 2 aliphatic rings. The number of aryl methyl sites for hydroxylation is 1. The average Bonchev–Trinajstić information content (AvgIpc) is 3.08. The molecule has 0 radical (unpaired) electrons. The Bertz CT molecular complexity index is 1140. The minimum Gasteiger partial charge on any atom is -0.310 e. The molecule has 1 spiro atoms. The number of carbonyl (C=O) groups is 2. The first-order valence-corrected chi connectivity index (χ1v) is 9.83. The molecule has 1 saturated heterocycles. The molecule has 29 heavy (non-hydrogen) atoms. The van der Waals surface area contributed by atoms with E-state index >= 15 is 0 Å². The third-order valence-corrected chi connectivity index (χ3v) is 6.37. The number of pyridine rings is 1. The predicted molar refractivity (Wildman–Crippen MR) is 109 cm³/mol. The second-order valence-electron chi connectivity index (χ2n) is 7.97. The summed E-state index contributed by atoms with van der Waals surface area (Å²) in [7, 11) is 0. The van der Waals surface area contributed by atoms with Crippen LogP contribution in [-0.4, -0.2) is 28.6 Å². The van der Waals surface area contributed by atoms with Crippen molar-refractivity contribution in [3.8, 4) is 0 Å². The van der Waals surface area contributed by atoms with E-state index in [2.05, 4.69) is 4.98 Å². The number of hydrogen-bond acceptors (Lipinski definition) is 4. The molecule has 1 aliphatic carbocycles. The summed E-state index contributed by atoms with van der Waals surface area (Å²) in [5.41, 5.74) is 5.68. The number of aromatic nitrogens is 1. The van der Waals surface area contributed by atoms with Gasteiger partial charge in [0, 0.05) is 17.5 Å². The number of amides is 2. The Morgan fingerprint density at radius 1 is 1.10 bits per heavy atom. The van der Waals surface area contributed by atoms with Crippen molar-refractivity contribution >= 4 is 28.4 Å². The van der Waals surface area contributed by atoms with Gasteiger partial charge in [0.15, 0.2) is 0 Å². The molecule has 0 saturated carbocycles. The van der Waals surface area contributed by atoms with Gasteiger partial charge >= 0.3 is 0 Å². The summed E-state index contributed by atoms with van der Waals surface area (Å²) in [5.74, 6) is -0.350. The van der Waals surface area contributed by atoms with Crippen LogP contribution in [0.4, 0.5) is 5.69 Å². The van der Waals surface area contributed by atoms with E-state index in [9.17, 15) is 9.59 Å².